The SMILES string of the molecule is COc1ccc([C@H](O)C#Cc2ccccc2)cc1. The lowest BCUT2D eigenvalue weighted by molar-refractivity contribution is 0.238. The molecule has 0 amide bonds. The van der Waals surface area contributed by atoms with Gasteiger partial charge in [0.2, 0.25) is 0 Å². The van der Waals surface area contributed by atoms with Crippen molar-refractivity contribution < 1.29 is 9.84 Å². The highest BCUT2D eigenvalue weighted by molar-refractivity contribution is 5.37. The molecular weight excluding hydrogens is 224 g/mol. The molecule has 2 nitrogen and oxygen atoms in total. The molecule has 0 spiro atoms. The van der Waals surface area contributed by atoms with Crippen molar-refractivity contribution in [3.8, 4) is 17.6 Å². The minimum Gasteiger partial charge on any atom is -0.497 e. The predicted octanol–water partition coefficient (Wildman–Crippen LogP) is 2.78. The Morgan fingerprint density at radius 1 is 1.00 bits per heavy atom. The summed E-state index contributed by atoms with van der Waals surface area (Å²) in [6.07, 6.45) is -0.781. The monoisotopic (exact) mass is 238 g/mol. The van der Waals surface area contributed by atoms with Crippen LogP contribution in [0.3, 0.4) is 0 Å². The van der Waals surface area contributed by atoms with E-state index in [1.165, 1.54) is 0 Å². The highest BCUT2D eigenvalue weighted by atomic mass is 16.5. The topological polar surface area (TPSA) is 29.5 Å². The maximum Gasteiger partial charge on any atom is 0.140 e. The zero-order chi connectivity index (χ0) is 12.8. The van der Waals surface area contributed by atoms with E-state index >= 15 is 0 Å². The summed E-state index contributed by atoms with van der Waals surface area (Å²) in [5.41, 5.74) is 1.66. The first-order chi connectivity index (χ1) is 8.79. The van der Waals surface area contributed by atoms with E-state index in [1.54, 1.807) is 7.11 Å². The lowest BCUT2D eigenvalue weighted by Crippen LogP contribution is -1.93. The van der Waals surface area contributed by atoms with Crippen molar-refractivity contribution in [3.63, 3.8) is 0 Å². The minimum atomic E-state index is -0.781. The van der Waals surface area contributed by atoms with Crippen molar-refractivity contribution in [2.45, 2.75) is 6.10 Å². The minimum absolute atomic E-state index is 0.763. The largest absolute Gasteiger partial charge is 0.497 e. The fraction of sp³-hybridized carbons (Fsp3) is 0.125. The summed E-state index contributed by atoms with van der Waals surface area (Å²) in [6.45, 7) is 0. The van der Waals surface area contributed by atoms with Gasteiger partial charge in [0.05, 0.1) is 7.11 Å². The van der Waals surface area contributed by atoms with E-state index in [2.05, 4.69) is 11.8 Å². The van der Waals surface area contributed by atoms with Crippen molar-refractivity contribution in [3.05, 3.63) is 65.7 Å². The number of methoxy groups -OCH3 is 1. The van der Waals surface area contributed by atoms with Crippen LogP contribution < -0.4 is 4.74 Å². The van der Waals surface area contributed by atoms with Crippen LogP contribution in [0.15, 0.2) is 54.6 Å². The Morgan fingerprint density at radius 3 is 2.28 bits per heavy atom. The van der Waals surface area contributed by atoms with E-state index in [-0.39, 0.29) is 0 Å². The van der Waals surface area contributed by atoms with E-state index in [0.29, 0.717) is 0 Å². The second kappa shape index (κ2) is 5.90. The van der Waals surface area contributed by atoms with Crippen LogP contribution in [0.1, 0.15) is 17.2 Å². The number of rotatable bonds is 2. The van der Waals surface area contributed by atoms with E-state index in [9.17, 15) is 5.11 Å². The van der Waals surface area contributed by atoms with Crippen molar-refractivity contribution in [2.24, 2.45) is 0 Å². The maximum atomic E-state index is 9.93. The molecule has 90 valence electrons. The first-order valence-electron chi connectivity index (χ1n) is 5.68. The Hall–Kier alpha value is -2.24. The molecule has 0 aromatic heterocycles. The summed E-state index contributed by atoms with van der Waals surface area (Å²) in [4.78, 5) is 0. The highest BCUT2D eigenvalue weighted by Gasteiger charge is 2.03. The fourth-order valence-electron chi connectivity index (χ4n) is 1.54. The van der Waals surface area contributed by atoms with Gasteiger partial charge in [0.25, 0.3) is 0 Å². The molecule has 0 bridgehead atoms. The Kier molecular flexibility index (Phi) is 4.01. The third-order valence-electron chi connectivity index (χ3n) is 2.56. The van der Waals surface area contributed by atoms with Gasteiger partial charge >= 0.3 is 0 Å². The summed E-state index contributed by atoms with van der Waals surface area (Å²) in [7, 11) is 1.61. The van der Waals surface area contributed by atoms with Crippen molar-refractivity contribution in [1.29, 1.82) is 0 Å². The number of benzene rings is 2. The third kappa shape index (κ3) is 3.13. The molecule has 0 aliphatic heterocycles. The number of aliphatic hydroxyl groups excluding tert-OH is 1. The van der Waals surface area contributed by atoms with Crippen LogP contribution in [0.2, 0.25) is 0 Å². The molecule has 0 aliphatic carbocycles. The molecule has 1 N–H and O–H groups in total. The molecule has 0 aliphatic rings. The zero-order valence-electron chi connectivity index (χ0n) is 10.1. The van der Waals surface area contributed by atoms with Crippen LogP contribution in [0, 0.1) is 11.8 Å². The molecule has 2 aromatic carbocycles. The molecule has 2 aromatic rings. The molecule has 18 heavy (non-hydrogen) atoms. The molecule has 2 rings (SSSR count). The van der Waals surface area contributed by atoms with Crippen molar-refractivity contribution in [1.82, 2.24) is 0 Å². The molecule has 2 heteroatoms. The Bertz CT molecular complexity index is 547. The Morgan fingerprint density at radius 2 is 1.67 bits per heavy atom. The summed E-state index contributed by atoms with van der Waals surface area (Å²) in [6, 6.07) is 16.8. The molecule has 0 heterocycles. The molecular formula is C16H14O2. The van der Waals surface area contributed by atoms with Gasteiger partial charge < -0.3 is 9.84 Å². The molecule has 0 saturated heterocycles. The smallest absolute Gasteiger partial charge is 0.140 e. The van der Waals surface area contributed by atoms with Crippen LogP contribution in [-0.4, -0.2) is 12.2 Å². The van der Waals surface area contributed by atoms with Gasteiger partial charge in [-0.3, -0.25) is 0 Å². The molecule has 0 unspecified atom stereocenters. The van der Waals surface area contributed by atoms with Gasteiger partial charge in [-0.25, -0.2) is 0 Å². The summed E-state index contributed by atoms with van der Waals surface area (Å²) < 4.78 is 5.06. The second-order valence-electron chi connectivity index (χ2n) is 3.81. The zero-order valence-corrected chi connectivity index (χ0v) is 10.1. The molecule has 1 atom stereocenters. The Labute approximate surface area is 107 Å². The quantitative estimate of drug-likeness (QED) is 0.815. The normalized spacial score (nSPS) is 11.2. The van der Waals surface area contributed by atoms with E-state index in [0.717, 1.165) is 16.9 Å². The van der Waals surface area contributed by atoms with Crippen molar-refractivity contribution in [2.75, 3.05) is 7.11 Å². The Balaban J connectivity index is 2.12. The van der Waals surface area contributed by atoms with Gasteiger partial charge in [0.1, 0.15) is 11.9 Å². The van der Waals surface area contributed by atoms with Crippen LogP contribution in [-0.2, 0) is 0 Å². The number of ether oxygens (including phenoxy) is 1. The van der Waals surface area contributed by atoms with Gasteiger partial charge in [-0.2, -0.15) is 0 Å². The van der Waals surface area contributed by atoms with Gasteiger partial charge in [0.15, 0.2) is 0 Å². The van der Waals surface area contributed by atoms with Gasteiger partial charge in [-0.15, -0.1) is 0 Å². The van der Waals surface area contributed by atoms with Crippen LogP contribution >= 0.6 is 0 Å². The van der Waals surface area contributed by atoms with Gasteiger partial charge in [-0.1, -0.05) is 42.2 Å². The third-order valence-corrected chi connectivity index (χ3v) is 2.56. The van der Waals surface area contributed by atoms with E-state index in [1.807, 2.05) is 54.6 Å². The van der Waals surface area contributed by atoms with Crippen LogP contribution in [0.5, 0.6) is 5.75 Å². The number of aliphatic hydroxyl groups is 1. The first kappa shape index (κ1) is 12.2. The number of hydrogen-bond donors (Lipinski definition) is 1. The summed E-state index contributed by atoms with van der Waals surface area (Å²) >= 11 is 0. The molecule has 0 radical (unpaired) electrons. The molecule has 0 fully saturated rings. The lowest BCUT2D eigenvalue weighted by Gasteiger charge is -2.04. The number of hydrogen-bond acceptors (Lipinski definition) is 2. The summed E-state index contributed by atoms with van der Waals surface area (Å²) in [5.74, 6) is 6.52. The lowest BCUT2D eigenvalue weighted by atomic mass is 10.1. The van der Waals surface area contributed by atoms with Crippen LogP contribution in [0.4, 0.5) is 0 Å². The van der Waals surface area contributed by atoms with Gasteiger partial charge in [0, 0.05) is 5.56 Å². The predicted molar refractivity (Wildman–Crippen MR) is 71.3 cm³/mol. The molecule has 0 saturated carbocycles. The van der Waals surface area contributed by atoms with E-state index < -0.39 is 6.10 Å². The average Bonchev–Trinajstić information content (AvgIpc) is 2.46. The standard InChI is InChI=1S/C16H14O2/c1-18-15-10-8-14(9-11-15)16(17)12-7-13-5-3-2-4-6-13/h2-6,8-11,16-17H,1H3/t16-/m1/s1. The first-order valence-corrected chi connectivity index (χ1v) is 5.68. The highest BCUT2D eigenvalue weighted by Crippen LogP contribution is 2.16. The second-order valence-corrected chi connectivity index (χ2v) is 3.81. The van der Waals surface area contributed by atoms with Crippen molar-refractivity contribution >= 4 is 0 Å². The van der Waals surface area contributed by atoms with Gasteiger partial charge in [-0.05, 0) is 29.8 Å². The van der Waals surface area contributed by atoms with E-state index in [4.69, 9.17) is 4.74 Å². The maximum absolute atomic E-state index is 9.93. The van der Waals surface area contributed by atoms with Crippen LogP contribution in [0.25, 0.3) is 0 Å². The fourth-order valence-corrected chi connectivity index (χ4v) is 1.54. The summed E-state index contributed by atoms with van der Waals surface area (Å²) in [5, 5.41) is 9.93. The average molecular weight is 238 g/mol.